The number of fused-ring (bicyclic) bond motifs is 2. The molecule has 1 saturated heterocycles. The summed E-state index contributed by atoms with van der Waals surface area (Å²) in [7, 11) is -0.00840. The molecule has 0 amide bonds. The van der Waals surface area contributed by atoms with E-state index >= 15 is 0 Å². The Hall–Kier alpha value is -3.64. The number of alkyl halides is 6. The molecular formula is C25H30F6N4O7S. The molecule has 0 aliphatic carbocycles. The lowest BCUT2D eigenvalue weighted by atomic mass is 10.1. The fourth-order valence-electron chi connectivity index (χ4n) is 4.55. The molecule has 0 spiro atoms. The van der Waals surface area contributed by atoms with Crippen LogP contribution in [0.1, 0.15) is 19.4 Å². The quantitative estimate of drug-likeness (QED) is 0.476. The van der Waals surface area contributed by atoms with Gasteiger partial charge in [0.2, 0.25) is 10.0 Å². The number of aliphatic carboxylic acids is 2. The van der Waals surface area contributed by atoms with Crippen LogP contribution in [0.3, 0.4) is 0 Å². The molecular weight excluding hydrogens is 614 g/mol. The molecule has 0 radical (unpaired) electrons. The van der Waals surface area contributed by atoms with Crippen LogP contribution in [0.4, 0.5) is 32.2 Å². The first-order valence-electron chi connectivity index (χ1n) is 12.4. The molecule has 11 nitrogen and oxygen atoms in total. The molecule has 2 N–H and O–H groups in total. The number of halogens is 6. The number of likely N-dealkylation sites (N-methyl/N-ethyl adjacent to an activating group) is 1. The van der Waals surface area contributed by atoms with Crippen LogP contribution in [0.2, 0.25) is 0 Å². The molecule has 4 rings (SSSR count). The Labute approximate surface area is 243 Å². The number of carbonyl (C=O) groups is 2. The molecule has 18 heteroatoms. The summed E-state index contributed by atoms with van der Waals surface area (Å²) in [6.45, 7) is 6.13. The summed E-state index contributed by atoms with van der Waals surface area (Å²) < 4.78 is 97.4. The third-order valence-corrected chi connectivity index (χ3v) is 8.48. The molecule has 1 aromatic carbocycles. The van der Waals surface area contributed by atoms with Crippen LogP contribution in [0, 0.1) is 0 Å². The van der Waals surface area contributed by atoms with Gasteiger partial charge in [-0.15, -0.1) is 0 Å². The molecule has 1 aromatic heterocycles. The van der Waals surface area contributed by atoms with Gasteiger partial charge in [0.1, 0.15) is 16.5 Å². The van der Waals surface area contributed by atoms with E-state index in [0.29, 0.717) is 17.3 Å². The summed E-state index contributed by atoms with van der Waals surface area (Å²) in [4.78, 5) is 26.9. The first kappa shape index (κ1) is 35.6. The van der Waals surface area contributed by atoms with Gasteiger partial charge in [-0.2, -0.15) is 30.6 Å². The number of aromatic nitrogens is 1. The number of benzene rings is 1. The summed E-state index contributed by atoms with van der Waals surface area (Å²) in [6.07, 6.45) is -8.50. The van der Waals surface area contributed by atoms with Gasteiger partial charge in [0.05, 0.1) is 19.2 Å². The van der Waals surface area contributed by atoms with Crippen molar-refractivity contribution in [3.63, 3.8) is 0 Å². The molecule has 2 aliphatic rings. The number of methoxy groups -OCH3 is 1. The van der Waals surface area contributed by atoms with Crippen LogP contribution in [0.25, 0.3) is 0 Å². The summed E-state index contributed by atoms with van der Waals surface area (Å²) in [6, 6.07) is 11.2. The number of sulfonamides is 1. The van der Waals surface area contributed by atoms with E-state index in [0.717, 1.165) is 18.8 Å². The van der Waals surface area contributed by atoms with E-state index in [9.17, 15) is 34.8 Å². The average molecular weight is 645 g/mol. The summed E-state index contributed by atoms with van der Waals surface area (Å²) in [5, 5.41) is 14.2. The van der Waals surface area contributed by atoms with E-state index in [1.54, 1.807) is 29.7 Å². The van der Waals surface area contributed by atoms with Gasteiger partial charge in [-0.1, -0.05) is 12.1 Å². The first-order valence-corrected chi connectivity index (χ1v) is 13.8. The maximum absolute atomic E-state index is 13.5. The van der Waals surface area contributed by atoms with Crippen molar-refractivity contribution in [3.05, 3.63) is 48.2 Å². The fraction of sp³-hybridized carbons (Fsp3) is 0.480. The number of carboxylic acids is 2. The van der Waals surface area contributed by atoms with E-state index in [2.05, 4.69) is 22.0 Å². The highest BCUT2D eigenvalue weighted by molar-refractivity contribution is 7.89. The lowest BCUT2D eigenvalue weighted by Gasteiger charge is -2.34. The minimum atomic E-state index is -5.08. The number of pyridine rings is 1. The molecule has 240 valence electrons. The van der Waals surface area contributed by atoms with Gasteiger partial charge in [-0.25, -0.2) is 23.0 Å². The highest BCUT2D eigenvalue weighted by Gasteiger charge is 2.49. The van der Waals surface area contributed by atoms with E-state index in [1.165, 1.54) is 5.56 Å². The minimum Gasteiger partial charge on any atom is -0.497 e. The third kappa shape index (κ3) is 8.93. The maximum Gasteiger partial charge on any atom is 0.490 e. The van der Waals surface area contributed by atoms with Crippen LogP contribution < -0.4 is 9.64 Å². The molecule has 0 bridgehead atoms. The zero-order valence-electron chi connectivity index (χ0n) is 23.3. The lowest BCUT2D eigenvalue weighted by Crippen LogP contribution is -2.52. The van der Waals surface area contributed by atoms with Gasteiger partial charge in [-0.3, -0.25) is 4.90 Å². The average Bonchev–Trinajstić information content (AvgIpc) is 3.28. The van der Waals surface area contributed by atoms with Gasteiger partial charge < -0.3 is 19.8 Å². The van der Waals surface area contributed by atoms with Crippen molar-refractivity contribution in [3.8, 4) is 5.75 Å². The van der Waals surface area contributed by atoms with Crippen molar-refractivity contribution < 1.29 is 59.3 Å². The number of ether oxygens (including phenoxy) is 1. The second-order valence-corrected chi connectivity index (χ2v) is 11.5. The second kappa shape index (κ2) is 13.8. The van der Waals surface area contributed by atoms with E-state index in [1.807, 2.05) is 37.9 Å². The molecule has 2 atom stereocenters. The Morgan fingerprint density at radius 1 is 0.977 bits per heavy atom. The summed E-state index contributed by atoms with van der Waals surface area (Å²) in [5.74, 6) is -4.14. The van der Waals surface area contributed by atoms with Gasteiger partial charge in [-0.05, 0) is 43.7 Å². The minimum absolute atomic E-state index is 0.0431. The molecule has 2 unspecified atom stereocenters. The predicted octanol–water partition coefficient (Wildman–Crippen LogP) is 3.46. The van der Waals surface area contributed by atoms with Crippen LogP contribution in [0.5, 0.6) is 5.75 Å². The third-order valence-electron chi connectivity index (χ3n) is 6.36. The fourth-order valence-corrected chi connectivity index (χ4v) is 6.58. The number of likely N-dealkylation sites (tertiary alicyclic amines) is 1. The van der Waals surface area contributed by atoms with E-state index < -0.39 is 34.3 Å². The van der Waals surface area contributed by atoms with Crippen molar-refractivity contribution >= 4 is 27.8 Å². The van der Waals surface area contributed by atoms with Gasteiger partial charge in [0, 0.05) is 38.9 Å². The number of hydrogen-bond acceptors (Lipinski definition) is 8. The smallest absolute Gasteiger partial charge is 0.490 e. The summed E-state index contributed by atoms with van der Waals surface area (Å²) >= 11 is 0. The lowest BCUT2D eigenvalue weighted by molar-refractivity contribution is -0.193. The highest BCUT2D eigenvalue weighted by Crippen LogP contribution is 2.37. The summed E-state index contributed by atoms with van der Waals surface area (Å²) in [5.41, 5.74) is 1.18. The van der Waals surface area contributed by atoms with Crippen molar-refractivity contribution in [2.24, 2.45) is 0 Å². The molecule has 1 fully saturated rings. The zero-order valence-corrected chi connectivity index (χ0v) is 24.1. The second-order valence-electron chi connectivity index (χ2n) is 9.65. The van der Waals surface area contributed by atoms with Crippen LogP contribution >= 0.6 is 0 Å². The van der Waals surface area contributed by atoms with Crippen LogP contribution in [0.15, 0.2) is 47.5 Å². The van der Waals surface area contributed by atoms with Gasteiger partial charge in [0.15, 0.2) is 0 Å². The Kier molecular flexibility index (Phi) is 11.4. The van der Waals surface area contributed by atoms with Crippen molar-refractivity contribution in [2.45, 2.75) is 55.8 Å². The Morgan fingerprint density at radius 2 is 1.47 bits per heavy atom. The van der Waals surface area contributed by atoms with E-state index in [4.69, 9.17) is 24.5 Å². The van der Waals surface area contributed by atoms with Crippen molar-refractivity contribution in [2.75, 3.05) is 32.1 Å². The van der Waals surface area contributed by atoms with Crippen LogP contribution in [-0.2, 0) is 26.2 Å². The monoisotopic (exact) mass is 644 g/mol. The Morgan fingerprint density at radius 3 is 1.91 bits per heavy atom. The van der Waals surface area contributed by atoms with Crippen molar-refractivity contribution in [1.29, 1.82) is 0 Å². The Bertz CT molecular complexity index is 1350. The van der Waals surface area contributed by atoms with E-state index in [-0.39, 0.29) is 18.1 Å². The van der Waals surface area contributed by atoms with Gasteiger partial charge >= 0.3 is 24.3 Å². The first-order chi connectivity index (χ1) is 19.7. The molecule has 2 aliphatic heterocycles. The van der Waals surface area contributed by atoms with Crippen molar-refractivity contribution in [1.82, 2.24) is 14.2 Å². The number of carboxylic acid groups (broad SMARTS) is 2. The normalized spacial score (nSPS) is 20.0. The molecule has 3 heterocycles. The maximum atomic E-state index is 13.5. The number of anilines is 1. The number of hydrogen-bond donors (Lipinski definition) is 2. The molecule has 43 heavy (non-hydrogen) atoms. The Balaban J connectivity index is 0.000000384. The highest BCUT2D eigenvalue weighted by atomic mass is 32.2. The SMILES string of the molecule is COc1ccc(CN2CC3C(C2)N(C(C)C)S(=O)(=O)c2cccnc2N3C)cc1.O=C(O)C(F)(F)F.O=C(O)C(F)(F)F. The predicted molar refractivity (Wildman–Crippen MR) is 140 cm³/mol. The molecule has 0 saturated carbocycles. The largest absolute Gasteiger partial charge is 0.497 e. The number of nitrogens with zero attached hydrogens (tertiary/aromatic N) is 4. The number of rotatable bonds is 4. The van der Waals surface area contributed by atoms with Gasteiger partial charge in [0.25, 0.3) is 0 Å². The zero-order chi connectivity index (χ0) is 32.9. The van der Waals surface area contributed by atoms with Crippen LogP contribution in [-0.4, -0.2) is 102 Å². The topological polar surface area (TPSA) is 141 Å². The molecule has 2 aromatic rings. The standard InChI is InChI=1S/C21H28N4O3S.2C2HF3O2/c1-15(2)25-19-14-24(12-16-7-9-17(28-4)10-8-16)13-18(19)23(3)21-20(29(25,26)27)6-5-11-22-21;2*3-2(4,5)1(6)7/h5-11,15,18-19H,12-14H2,1-4H3;2*(H,6,7).